The molecule has 0 aromatic heterocycles. The Hall–Kier alpha value is -1.80. The maximum atomic E-state index is 14.2. The topological polar surface area (TPSA) is 81.2 Å². The molecule has 35 heavy (non-hydrogen) atoms. The van der Waals surface area contributed by atoms with Crippen LogP contribution in [-0.2, 0) is 14.4 Å². The molecule has 1 spiro atoms. The molecule has 196 valence electrons. The van der Waals surface area contributed by atoms with Crippen LogP contribution >= 0.6 is 11.8 Å². The number of likely N-dealkylation sites (tertiary alicyclic amines) is 1. The van der Waals surface area contributed by atoms with E-state index in [1.807, 2.05) is 23.6 Å². The molecule has 8 heteroatoms. The summed E-state index contributed by atoms with van der Waals surface area (Å²) in [7, 11) is 0. The summed E-state index contributed by atoms with van der Waals surface area (Å²) in [6.45, 7) is 16.9. The lowest BCUT2D eigenvalue weighted by Crippen LogP contribution is -2.58. The van der Waals surface area contributed by atoms with E-state index >= 15 is 0 Å². The summed E-state index contributed by atoms with van der Waals surface area (Å²) in [5.74, 6) is -1.23. The van der Waals surface area contributed by atoms with E-state index in [0.717, 1.165) is 32.1 Å². The van der Waals surface area contributed by atoms with Gasteiger partial charge in [-0.05, 0) is 39.5 Å². The Balaban J connectivity index is 2.05. The number of fused-ring (bicyclic) bond motifs is 1. The first kappa shape index (κ1) is 27.8. The van der Waals surface area contributed by atoms with Gasteiger partial charge in [-0.25, -0.2) is 0 Å². The van der Waals surface area contributed by atoms with E-state index < -0.39 is 28.7 Å². The minimum absolute atomic E-state index is 0.00354. The number of nitrogens with zero attached hydrogens (tertiary/aromatic N) is 3. The first-order valence-corrected chi connectivity index (χ1v) is 14.0. The molecule has 3 fully saturated rings. The second kappa shape index (κ2) is 11.5. The van der Waals surface area contributed by atoms with Gasteiger partial charge < -0.3 is 19.8 Å². The molecular weight excluding hydrogens is 462 g/mol. The summed E-state index contributed by atoms with van der Waals surface area (Å²) in [6, 6.07) is -1.18. The third-order valence-corrected chi connectivity index (χ3v) is 9.95. The lowest BCUT2D eigenvalue weighted by molar-refractivity contribution is -0.147. The van der Waals surface area contributed by atoms with Crippen LogP contribution in [0.1, 0.15) is 59.8 Å². The number of carbonyl (C=O) groups is 3. The number of amides is 3. The fourth-order valence-electron chi connectivity index (χ4n) is 6.50. The Bertz CT molecular complexity index is 835. The minimum Gasteiger partial charge on any atom is -0.394 e. The molecule has 3 heterocycles. The molecule has 7 atom stereocenters. The second-order valence-electron chi connectivity index (χ2n) is 10.3. The van der Waals surface area contributed by atoms with E-state index in [9.17, 15) is 19.5 Å². The fourth-order valence-corrected chi connectivity index (χ4v) is 8.69. The molecule has 7 nitrogen and oxygen atoms in total. The SMILES string of the molecule is C=CCN(CCC)C(=O)[C@@H]1[C@H]2C(=O)N([C@H](C)CO)C(C(=O)N(CC=C)C(C)CCC)C23CC[C@H]1S3. The van der Waals surface area contributed by atoms with E-state index in [2.05, 4.69) is 20.1 Å². The van der Waals surface area contributed by atoms with Crippen molar-refractivity contribution in [3.05, 3.63) is 25.3 Å². The van der Waals surface area contributed by atoms with Crippen LogP contribution in [0.25, 0.3) is 0 Å². The summed E-state index contributed by atoms with van der Waals surface area (Å²) >= 11 is 1.68. The van der Waals surface area contributed by atoms with Crippen LogP contribution in [0, 0.1) is 11.8 Å². The van der Waals surface area contributed by atoms with E-state index in [1.165, 1.54) is 0 Å². The molecule has 3 rings (SSSR count). The van der Waals surface area contributed by atoms with Crippen molar-refractivity contribution in [1.82, 2.24) is 14.7 Å². The van der Waals surface area contributed by atoms with Crippen LogP contribution in [0.15, 0.2) is 25.3 Å². The third-order valence-electron chi connectivity index (χ3n) is 8.00. The zero-order chi connectivity index (χ0) is 25.9. The number of hydrogen-bond donors (Lipinski definition) is 1. The highest BCUT2D eigenvalue weighted by Gasteiger charge is 2.74. The Morgan fingerprint density at radius 1 is 1.20 bits per heavy atom. The zero-order valence-electron chi connectivity index (χ0n) is 21.8. The highest BCUT2D eigenvalue weighted by Crippen LogP contribution is 2.67. The molecule has 0 saturated carbocycles. The van der Waals surface area contributed by atoms with Gasteiger partial charge in [0.2, 0.25) is 17.7 Å². The Morgan fingerprint density at radius 3 is 2.46 bits per heavy atom. The summed E-state index contributed by atoms with van der Waals surface area (Å²) < 4.78 is -0.639. The van der Waals surface area contributed by atoms with Crippen molar-refractivity contribution in [2.75, 3.05) is 26.2 Å². The first-order chi connectivity index (χ1) is 16.7. The quantitative estimate of drug-likeness (QED) is 0.389. The summed E-state index contributed by atoms with van der Waals surface area (Å²) in [6.07, 6.45) is 7.64. The molecule has 1 N–H and O–H groups in total. The van der Waals surface area contributed by atoms with Crippen molar-refractivity contribution >= 4 is 29.5 Å². The minimum atomic E-state index is -0.687. The maximum Gasteiger partial charge on any atom is 0.247 e. The van der Waals surface area contributed by atoms with Gasteiger partial charge in [-0.15, -0.1) is 24.9 Å². The molecule has 0 aliphatic carbocycles. The third kappa shape index (κ3) is 4.68. The molecule has 2 bridgehead atoms. The standard InChI is InChI=1S/C27H43N3O4S/c1-7-11-18(5)29(16-10-4)26(34)23-27-13-12-20(35-27)21(24(32)28(14-8-2)15-9-3)22(27)25(33)30(23)19(6)17-31/h8,10,18-23,31H,2,4,7,9,11-17H2,1,3,5-6H3/t18?,19-,20-,21+,22+,23?,27?/m1/s1. The highest BCUT2D eigenvalue weighted by atomic mass is 32.2. The Labute approximate surface area is 215 Å². The zero-order valence-corrected chi connectivity index (χ0v) is 22.6. The molecular formula is C27H43N3O4S. The molecule has 3 amide bonds. The molecule has 0 aromatic carbocycles. The van der Waals surface area contributed by atoms with Crippen molar-refractivity contribution < 1.29 is 19.5 Å². The van der Waals surface area contributed by atoms with Crippen molar-refractivity contribution in [3.63, 3.8) is 0 Å². The van der Waals surface area contributed by atoms with E-state index in [0.29, 0.717) is 19.6 Å². The number of hydrogen-bond acceptors (Lipinski definition) is 5. The summed E-state index contributed by atoms with van der Waals surface area (Å²) in [4.78, 5) is 47.3. The van der Waals surface area contributed by atoms with Crippen molar-refractivity contribution in [3.8, 4) is 0 Å². The smallest absolute Gasteiger partial charge is 0.247 e. The van der Waals surface area contributed by atoms with Gasteiger partial charge in [0.15, 0.2) is 0 Å². The van der Waals surface area contributed by atoms with Gasteiger partial charge in [0.05, 0.1) is 29.2 Å². The monoisotopic (exact) mass is 505 g/mol. The largest absolute Gasteiger partial charge is 0.394 e. The van der Waals surface area contributed by atoms with Crippen LogP contribution in [-0.4, -0.2) is 91.9 Å². The van der Waals surface area contributed by atoms with Crippen molar-refractivity contribution in [1.29, 1.82) is 0 Å². The Kier molecular flexibility index (Phi) is 9.13. The van der Waals surface area contributed by atoms with Gasteiger partial charge >= 0.3 is 0 Å². The van der Waals surface area contributed by atoms with Gasteiger partial charge in [0.1, 0.15) is 6.04 Å². The average Bonchev–Trinajstić information content (AvgIpc) is 3.48. The molecule has 3 unspecified atom stereocenters. The number of carbonyl (C=O) groups excluding carboxylic acids is 3. The Morgan fingerprint density at radius 2 is 1.89 bits per heavy atom. The van der Waals surface area contributed by atoms with Gasteiger partial charge in [-0.2, -0.15) is 0 Å². The van der Waals surface area contributed by atoms with E-state index in [4.69, 9.17) is 0 Å². The number of thioether (sulfide) groups is 1. The van der Waals surface area contributed by atoms with Crippen LogP contribution in [0.2, 0.25) is 0 Å². The predicted octanol–water partition coefficient (Wildman–Crippen LogP) is 3.09. The van der Waals surface area contributed by atoms with Crippen LogP contribution < -0.4 is 0 Å². The molecule has 3 aliphatic rings. The van der Waals surface area contributed by atoms with Crippen LogP contribution in [0.3, 0.4) is 0 Å². The summed E-state index contributed by atoms with van der Waals surface area (Å²) in [5, 5.41) is 10.1. The second-order valence-corrected chi connectivity index (χ2v) is 11.9. The summed E-state index contributed by atoms with van der Waals surface area (Å²) in [5.41, 5.74) is 0. The van der Waals surface area contributed by atoms with Gasteiger partial charge in [-0.1, -0.05) is 32.4 Å². The highest BCUT2D eigenvalue weighted by molar-refractivity contribution is 8.02. The number of aliphatic hydroxyl groups is 1. The molecule has 0 aromatic rings. The molecule has 3 saturated heterocycles. The van der Waals surface area contributed by atoms with Crippen LogP contribution in [0.5, 0.6) is 0 Å². The fraction of sp³-hybridized carbons (Fsp3) is 0.741. The van der Waals surface area contributed by atoms with E-state index in [-0.39, 0.29) is 35.6 Å². The van der Waals surface area contributed by atoms with Crippen molar-refractivity contribution in [2.45, 2.75) is 87.9 Å². The van der Waals surface area contributed by atoms with Gasteiger partial charge in [0, 0.05) is 30.9 Å². The predicted molar refractivity (Wildman–Crippen MR) is 141 cm³/mol. The van der Waals surface area contributed by atoms with E-state index in [1.54, 1.807) is 35.7 Å². The van der Waals surface area contributed by atoms with Gasteiger partial charge in [-0.3, -0.25) is 14.4 Å². The van der Waals surface area contributed by atoms with Crippen molar-refractivity contribution in [2.24, 2.45) is 11.8 Å². The van der Waals surface area contributed by atoms with Gasteiger partial charge in [0.25, 0.3) is 0 Å². The lowest BCUT2D eigenvalue weighted by Gasteiger charge is -2.40. The lowest BCUT2D eigenvalue weighted by atomic mass is 9.70. The molecule has 3 aliphatic heterocycles. The number of rotatable bonds is 13. The first-order valence-electron chi connectivity index (χ1n) is 13.2. The maximum absolute atomic E-state index is 14.2. The number of aliphatic hydroxyl groups excluding tert-OH is 1. The normalized spacial score (nSPS) is 30.7. The molecule has 0 radical (unpaired) electrons. The average molecular weight is 506 g/mol. The van der Waals surface area contributed by atoms with Crippen LogP contribution in [0.4, 0.5) is 0 Å².